The standard InChI is InChI=1S/C14H8BrN3O/c15-9-6-10-13(16-7-9)18-14(17-10)12-5-8-3-1-2-4-11(8)19-12/h1-7H,(H,16,17,18). The highest BCUT2D eigenvalue weighted by Gasteiger charge is 2.11. The smallest absolute Gasteiger partial charge is 0.178 e. The number of nitrogens with one attached hydrogen (secondary N) is 1. The first kappa shape index (κ1) is 10.8. The zero-order chi connectivity index (χ0) is 12.8. The monoisotopic (exact) mass is 313 g/mol. The topological polar surface area (TPSA) is 54.7 Å². The quantitative estimate of drug-likeness (QED) is 0.574. The van der Waals surface area contributed by atoms with Gasteiger partial charge < -0.3 is 9.40 Å². The van der Waals surface area contributed by atoms with E-state index in [2.05, 4.69) is 30.9 Å². The van der Waals surface area contributed by atoms with Crippen LogP contribution < -0.4 is 0 Å². The van der Waals surface area contributed by atoms with E-state index in [1.807, 2.05) is 36.4 Å². The van der Waals surface area contributed by atoms with Gasteiger partial charge in [0.25, 0.3) is 0 Å². The van der Waals surface area contributed by atoms with Crippen LogP contribution in [0.5, 0.6) is 0 Å². The molecule has 0 unspecified atom stereocenters. The Kier molecular flexibility index (Phi) is 2.22. The van der Waals surface area contributed by atoms with Gasteiger partial charge >= 0.3 is 0 Å². The van der Waals surface area contributed by atoms with E-state index in [0.29, 0.717) is 11.5 Å². The molecule has 1 N–H and O–H groups in total. The molecule has 3 heterocycles. The molecule has 0 saturated carbocycles. The molecule has 0 aliphatic rings. The molecule has 0 amide bonds. The van der Waals surface area contributed by atoms with Gasteiger partial charge in [-0.2, -0.15) is 0 Å². The van der Waals surface area contributed by atoms with E-state index < -0.39 is 0 Å². The minimum absolute atomic E-state index is 0.679. The highest BCUT2D eigenvalue weighted by atomic mass is 79.9. The maximum Gasteiger partial charge on any atom is 0.178 e. The van der Waals surface area contributed by atoms with Crippen LogP contribution >= 0.6 is 15.9 Å². The molecule has 4 rings (SSSR count). The second kappa shape index (κ2) is 3.93. The van der Waals surface area contributed by atoms with Gasteiger partial charge in [-0.15, -0.1) is 0 Å². The second-order valence-corrected chi connectivity index (χ2v) is 5.17. The van der Waals surface area contributed by atoms with Crippen LogP contribution in [0.1, 0.15) is 0 Å². The number of halogens is 1. The lowest BCUT2D eigenvalue weighted by molar-refractivity contribution is 0.626. The lowest BCUT2D eigenvalue weighted by Crippen LogP contribution is -1.75. The molecule has 0 saturated heterocycles. The zero-order valence-electron chi connectivity index (χ0n) is 9.72. The zero-order valence-corrected chi connectivity index (χ0v) is 11.3. The number of hydrogen-bond acceptors (Lipinski definition) is 3. The van der Waals surface area contributed by atoms with E-state index in [1.165, 1.54) is 0 Å². The first-order valence-electron chi connectivity index (χ1n) is 5.80. The van der Waals surface area contributed by atoms with Crippen LogP contribution in [0.3, 0.4) is 0 Å². The van der Waals surface area contributed by atoms with Gasteiger partial charge in [-0.3, -0.25) is 0 Å². The van der Waals surface area contributed by atoms with E-state index in [0.717, 1.165) is 26.7 Å². The normalized spacial score (nSPS) is 11.4. The first-order chi connectivity index (χ1) is 9.29. The van der Waals surface area contributed by atoms with E-state index in [-0.39, 0.29) is 0 Å². The van der Waals surface area contributed by atoms with Crippen LogP contribution in [0.4, 0.5) is 0 Å². The molecule has 4 aromatic rings. The van der Waals surface area contributed by atoms with Gasteiger partial charge in [-0.25, -0.2) is 9.97 Å². The van der Waals surface area contributed by atoms with Gasteiger partial charge in [-0.05, 0) is 34.1 Å². The molecule has 0 aliphatic heterocycles. The first-order valence-corrected chi connectivity index (χ1v) is 6.59. The van der Waals surface area contributed by atoms with Crippen molar-refractivity contribution in [3.05, 3.63) is 47.1 Å². The molecule has 19 heavy (non-hydrogen) atoms. The molecular formula is C14H8BrN3O. The predicted molar refractivity (Wildman–Crippen MR) is 76.8 cm³/mol. The van der Waals surface area contributed by atoms with Crippen LogP contribution in [0.25, 0.3) is 33.7 Å². The van der Waals surface area contributed by atoms with Gasteiger partial charge in [0, 0.05) is 16.1 Å². The number of benzene rings is 1. The van der Waals surface area contributed by atoms with Crippen molar-refractivity contribution in [1.82, 2.24) is 15.0 Å². The Labute approximate surface area is 116 Å². The third-order valence-corrected chi connectivity index (χ3v) is 3.40. The number of para-hydroxylation sites is 1. The minimum Gasteiger partial charge on any atom is -0.453 e. The van der Waals surface area contributed by atoms with Crippen molar-refractivity contribution >= 4 is 38.1 Å². The van der Waals surface area contributed by atoms with Crippen molar-refractivity contribution in [2.24, 2.45) is 0 Å². The highest BCUT2D eigenvalue weighted by molar-refractivity contribution is 9.10. The van der Waals surface area contributed by atoms with Crippen LogP contribution in [0.15, 0.2) is 51.5 Å². The number of pyridine rings is 1. The summed E-state index contributed by atoms with van der Waals surface area (Å²) in [6.07, 6.45) is 1.73. The Morgan fingerprint density at radius 1 is 1.16 bits per heavy atom. The number of hydrogen-bond donors (Lipinski definition) is 1. The van der Waals surface area contributed by atoms with Crippen molar-refractivity contribution in [2.75, 3.05) is 0 Å². The molecule has 0 fully saturated rings. The summed E-state index contributed by atoms with van der Waals surface area (Å²) in [5.74, 6) is 1.41. The lowest BCUT2D eigenvalue weighted by atomic mass is 10.2. The summed E-state index contributed by atoms with van der Waals surface area (Å²) in [5.41, 5.74) is 2.41. The summed E-state index contributed by atoms with van der Waals surface area (Å²) < 4.78 is 6.70. The number of furan rings is 1. The number of rotatable bonds is 1. The number of aromatic amines is 1. The number of nitrogens with zero attached hydrogens (tertiary/aromatic N) is 2. The third kappa shape index (κ3) is 1.74. The van der Waals surface area contributed by atoms with Crippen LogP contribution in [-0.4, -0.2) is 15.0 Å². The van der Waals surface area contributed by atoms with Gasteiger partial charge in [0.05, 0.1) is 5.52 Å². The molecular weight excluding hydrogens is 306 g/mol. The van der Waals surface area contributed by atoms with E-state index >= 15 is 0 Å². The Bertz CT molecular complexity index is 861. The maximum absolute atomic E-state index is 5.78. The molecule has 3 aromatic heterocycles. The molecule has 0 spiro atoms. The second-order valence-electron chi connectivity index (χ2n) is 4.26. The Hall–Kier alpha value is -2.14. The van der Waals surface area contributed by atoms with Gasteiger partial charge in [0.1, 0.15) is 5.58 Å². The van der Waals surface area contributed by atoms with Crippen LogP contribution in [0, 0.1) is 0 Å². The molecule has 4 nitrogen and oxygen atoms in total. The van der Waals surface area contributed by atoms with Crippen LogP contribution in [-0.2, 0) is 0 Å². The average Bonchev–Trinajstić information content (AvgIpc) is 3.00. The third-order valence-electron chi connectivity index (χ3n) is 2.96. The average molecular weight is 314 g/mol. The molecule has 1 aromatic carbocycles. The fraction of sp³-hybridized carbons (Fsp3) is 0. The number of fused-ring (bicyclic) bond motifs is 2. The van der Waals surface area contributed by atoms with Crippen LogP contribution in [0.2, 0.25) is 0 Å². The summed E-state index contributed by atoms with van der Waals surface area (Å²) in [5, 5.41) is 1.06. The summed E-state index contributed by atoms with van der Waals surface area (Å²) in [6.45, 7) is 0. The van der Waals surface area contributed by atoms with Crippen molar-refractivity contribution in [2.45, 2.75) is 0 Å². The number of H-pyrrole nitrogens is 1. The maximum atomic E-state index is 5.78. The number of imidazole rings is 1. The lowest BCUT2D eigenvalue weighted by Gasteiger charge is -1.87. The Balaban J connectivity index is 1.93. The molecule has 0 bridgehead atoms. The summed E-state index contributed by atoms with van der Waals surface area (Å²) in [6, 6.07) is 11.8. The molecule has 0 atom stereocenters. The molecule has 0 radical (unpaired) electrons. The fourth-order valence-corrected chi connectivity index (χ4v) is 2.42. The summed E-state index contributed by atoms with van der Waals surface area (Å²) in [4.78, 5) is 11.9. The largest absolute Gasteiger partial charge is 0.453 e. The highest BCUT2D eigenvalue weighted by Crippen LogP contribution is 2.27. The van der Waals surface area contributed by atoms with Gasteiger partial charge in [0.15, 0.2) is 17.2 Å². The fourth-order valence-electron chi connectivity index (χ4n) is 2.09. The van der Waals surface area contributed by atoms with E-state index in [9.17, 15) is 0 Å². The summed E-state index contributed by atoms with van der Waals surface area (Å²) in [7, 11) is 0. The molecule has 92 valence electrons. The van der Waals surface area contributed by atoms with Crippen molar-refractivity contribution < 1.29 is 4.42 Å². The predicted octanol–water partition coefficient (Wildman–Crippen LogP) is 4.13. The van der Waals surface area contributed by atoms with Gasteiger partial charge in [0.2, 0.25) is 0 Å². The number of aromatic nitrogens is 3. The van der Waals surface area contributed by atoms with Crippen molar-refractivity contribution in [3.8, 4) is 11.6 Å². The minimum atomic E-state index is 0.679. The SMILES string of the molecule is Brc1cnc2nc(-c3cc4ccccc4o3)[nH]c2c1. The van der Waals surface area contributed by atoms with E-state index in [1.54, 1.807) is 6.20 Å². The van der Waals surface area contributed by atoms with Crippen molar-refractivity contribution in [3.63, 3.8) is 0 Å². The Morgan fingerprint density at radius 2 is 2.05 bits per heavy atom. The molecule has 5 heteroatoms. The van der Waals surface area contributed by atoms with E-state index in [4.69, 9.17) is 4.42 Å². The Morgan fingerprint density at radius 3 is 2.95 bits per heavy atom. The summed E-state index contributed by atoms with van der Waals surface area (Å²) >= 11 is 3.39. The van der Waals surface area contributed by atoms with Crippen molar-refractivity contribution in [1.29, 1.82) is 0 Å². The van der Waals surface area contributed by atoms with Gasteiger partial charge in [-0.1, -0.05) is 18.2 Å². The molecule has 0 aliphatic carbocycles.